The molecule has 8 nitrogen and oxygen atoms in total. The molecule has 2 N–H and O–H groups in total. The normalized spacial score (nSPS) is 14.9. The van der Waals surface area contributed by atoms with Crippen molar-refractivity contribution in [3.05, 3.63) is 71.5 Å². The van der Waals surface area contributed by atoms with Crippen LogP contribution in [0.5, 0.6) is 0 Å². The lowest BCUT2D eigenvalue weighted by Gasteiger charge is -2.26. The fourth-order valence-electron chi connectivity index (χ4n) is 4.26. The van der Waals surface area contributed by atoms with E-state index in [1.807, 2.05) is 0 Å². The summed E-state index contributed by atoms with van der Waals surface area (Å²) in [5.41, 5.74) is 0.272. The number of aromatic nitrogens is 4. The van der Waals surface area contributed by atoms with Gasteiger partial charge in [-0.25, -0.2) is 4.98 Å². The third-order valence-corrected chi connectivity index (χ3v) is 6.39. The molecule has 0 radical (unpaired) electrons. The standard InChI is InChI=1S/C26H25F6N7O/c27-25(28,29)18-3-1-17(2-4-18)15-39-16-34-21-22(33-9-10-38-11-13-40-14-12-38)36-24(37-23(21)39)35-20-7-5-19(6-8-20)26(30,31)32/h1-8,16H,9-15H2,(H2,33,35,36,37). The molecule has 1 aliphatic rings. The van der Waals surface area contributed by atoms with Crippen LogP contribution in [0.3, 0.4) is 0 Å². The highest BCUT2D eigenvalue weighted by atomic mass is 19.4. The number of hydrogen-bond acceptors (Lipinski definition) is 7. The second-order valence-corrected chi connectivity index (χ2v) is 9.22. The number of nitrogens with one attached hydrogen (secondary N) is 2. The van der Waals surface area contributed by atoms with Crippen LogP contribution in [0.1, 0.15) is 16.7 Å². The fraction of sp³-hybridized carbons (Fsp3) is 0.346. The number of nitrogens with zero attached hydrogens (tertiary/aromatic N) is 5. The van der Waals surface area contributed by atoms with Crippen molar-refractivity contribution in [2.75, 3.05) is 50.0 Å². The Morgan fingerprint density at radius 2 is 1.45 bits per heavy atom. The molecule has 14 heteroatoms. The summed E-state index contributed by atoms with van der Waals surface area (Å²) in [6.07, 6.45) is -7.38. The minimum absolute atomic E-state index is 0.121. The van der Waals surface area contributed by atoms with Crippen molar-refractivity contribution in [3.8, 4) is 0 Å². The van der Waals surface area contributed by atoms with Crippen molar-refractivity contribution < 1.29 is 31.1 Å². The van der Waals surface area contributed by atoms with Crippen molar-refractivity contribution in [1.82, 2.24) is 24.4 Å². The molecular formula is C26H25F6N7O. The van der Waals surface area contributed by atoms with E-state index in [1.54, 1.807) is 4.57 Å². The van der Waals surface area contributed by atoms with Gasteiger partial charge in [-0.05, 0) is 42.0 Å². The van der Waals surface area contributed by atoms with E-state index in [1.165, 1.54) is 30.6 Å². The maximum absolute atomic E-state index is 13.0. The molecule has 5 rings (SSSR count). The first kappa shape index (κ1) is 27.6. The van der Waals surface area contributed by atoms with Gasteiger partial charge in [-0.15, -0.1) is 0 Å². The van der Waals surface area contributed by atoms with E-state index in [9.17, 15) is 26.3 Å². The number of halogens is 6. The summed E-state index contributed by atoms with van der Waals surface area (Å²) in [6, 6.07) is 9.27. The fourth-order valence-corrected chi connectivity index (χ4v) is 4.26. The Kier molecular flexibility index (Phi) is 7.81. The Hall–Kier alpha value is -3.91. The average molecular weight is 566 g/mol. The first-order chi connectivity index (χ1) is 19.1. The molecule has 3 heterocycles. The van der Waals surface area contributed by atoms with Crippen LogP contribution in [0, 0.1) is 0 Å². The lowest BCUT2D eigenvalue weighted by atomic mass is 10.1. The van der Waals surface area contributed by atoms with Gasteiger partial charge in [0, 0.05) is 31.9 Å². The number of ether oxygens (including phenoxy) is 1. The SMILES string of the molecule is FC(F)(F)c1ccc(Cn2cnc3c(NCCN4CCOCC4)nc(Nc4ccc(C(F)(F)F)cc4)nc32)cc1. The summed E-state index contributed by atoms with van der Waals surface area (Å²) in [6.45, 7) is 4.40. The number of rotatable bonds is 8. The highest BCUT2D eigenvalue weighted by Gasteiger charge is 2.30. The number of anilines is 3. The quantitative estimate of drug-likeness (QED) is 0.277. The van der Waals surface area contributed by atoms with E-state index in [0.717, 1.165) is 43.9 Å². The van der Waals surface area contributed by atoms with Gasteiger partial charge in [0.25, 0.3) is 0 Å². The molecule has 1 saturated heterocycles. The number of alkyl halides is 6. The number of morpholine rings is 1. The molecule has 2 aromatic carbocycles. The molecule has 0 unspecified atom stereocenters. The van der Waals surface area contributed by atoms with E-state index in [4.69, 9.17) is 4.74 Å². The zero-order chi connectivity index (χ0) is 28.3. The summed E-state index contributed by atoms with van der Waals surface area (Å²) in [4.78, 5) is 15.7. The van der Waals surface area contributed by atoms with E-state index < -0.39 is 23.5 Å². The van der Waals surface area contributed by atoms with Gasteiger partial charge >= 0.3 is 12.4 Å². The Morgan fingerprint density at radius 3 is 2.08 bits per heavy atom. The Bertz CT molecular complexity index is 1430. The molecule has 0 saturated carbocycles. The second-order valence-electron chi connectivity index (χ2n) is 9.22. The molecule has 0 aliphatic carbocycles. The monoisotopic (exact) mass is 565 g/mol. The topological polar surface area (TPSA) is 80.1 Å². The molecule has 40 heavy (non-hydrogen) atoms. The zero-order valence-corrected chi connectivity index (χ0v) is 21.1. The predicted molar refractivity (Wildman–Crippen MR) is 136 cm³/mol. The smallest absolute Gasteiger partial charge is 0.379 e. The molecule has 0 atom stereocenters. The lowest BCUT2D eigenvalue weighted by Crippen LogP contribution is -2.39. The highest BCUT2D eigenvalue weighted by molar-refractivity contribution is 5.84. The molecule has 212 valence electrons. The van der Waals surface area contributed by atoms with Crippen LogP contribution in [0.2, 0.25) is 0 Å². The van der Waals surface area contributed by atoms with Crippen molar-refractivity contribution in [2.45, 2.75) is 18.9 Å². The van der Waals surface area contributed by atoms with E-state index in [-0.39, 0.29) is 12.5 Å². The Morgan fingerprint density at radius 1 is 0.825 bits per heavy atom. The molecule has 0 spiro atoms. The lowest BCUT2D eigenvalue weighted by molar-refractivity contribution is -0.138. The van der Waals surface area contributed by atoms with Crippen LogP contribution in [0.25, 0.3) is 11.2 Å². The molecular weight excluding hydrogens is 540 g/mol. The molecule has 0 bridgehead atoms. The molecule has 0 amide bonds. The Labute approximate surface area is 225 Å². The summed E-state index contributed by atoms with van der Waals surface area (Å²) in [7, 11) is 0. The van der Waals surface area contributed by atoms with Crippen LogP contribution >= 0.6 is 0 Å². The van der Waals surface area contributed by atoms with Gasteiger partial charge in [-0.1, -0.05) is 12.1 Å². The van der Waals surface area contributed by atoms with Gasteiger partial charge in [0.1, 0.15) is 0 Å². The summed E-state index contributed by atoms with van der Waals surface area (Å²) in [5, 5.41) is 6.21. The van der Waals surface area contributed by atoms with Gasteiger partial charge in [0.2, 0.25) is 5.95 Å². The minimum atomic E-state index is -4.46. The maximum Gasteiger partial charge on any atom is 0.416 e. The molecule has 1 fully saturated rings. The van der Waals surface area contributed by atoms with Gasteiger partial charge in [-0.3, -0.25) is 4.90 Å². The van der Waals surface area contributed by atoms with Gasteiger partial charge in [0.15, 0.2) is 17.0 Å². The largest absolute Gasteiger partial charge is 0.416 e. The first-order valence-corrected chi connectivity index (χ1v) is 12.4. The van der Waals surface area contributed by atoms with Crippen molar-refractivity contribution in [3.63, 3.8) is 0 Å². The van der Waals surface area contributed by atoms with Crippen molar-refractivity contribution >= 4 is 28.6 Å². The van der Waals surface area contributed by atoms with Crippen LogP contribution in [0.15, 0.2) is 54.9 Å². The maximum atomic E-state index is 13.0. The number of hydrogen-bond donors (Lipinski definition) is 2. The van der Waals surface area contributed by atoms with Crippen LogP contribution in [-0.2, 0) is 23.6 Å². The van der Waals surface area contributed by atoms with E-state index in [0.29, 0.717) is 48.0 Å². The number of imidazole rings is 1. The van der Waals surface area contributed by atoms with Crippen LogP contribution in [0.4, 0.5) is 43.8 Å². The third kappa shape index (κ3) is 6.62. The summed E-state index contributed by atoms with van der Waals surface area (Å²) in [5.74, 6) is 0.536. The van der Waals surface area contributed by atoms with Crippen molar-refractivity contribution in [2.24, 2.45) is 0 Å². The summed E-state index contributed by atoms with van der Waals surface area (Å²) < 4.78 is 84.8. The molecule has 2 aromatic heterocycles. The van der Waals surface area contributed by atoms with E-state index >= 15 is 0 Å². The van der Waals surface area contributed by atoms with Gasteiger partial charge < -0.3 is 19.9 Å². The average Bonchev–Trinajstić information content (AvgIpc) is 3.31. The van der Waals surface area contributed by atoms with Crippen molar-refractivity contribution in [1.29, 1.82) is 0 Å². The number of fused-ring (bicyclic) bond motifs is 1. The number of benzene rings is 2. The second kappa shape index (κ2) is 11.3. The van der Waals surface area contributed by atoms with E-state index in [2.05, 4.69) is 30.5 Å². The zero-order valence-electron chi connectivity index (χ0n) is 21.1. The van der Waals surface area contributed by atoms with Crippen LogP contribution < -0.4 is 10.6 Å². The highest BCUT2D eigenvalue weighted by Crippen LogP contribution is 2.31. The third-order valence-electron chi connectivity index (χ3n) is 6.39. The van der Waals surface area contributed by atoms with Crippen LogP contribution in [-0.4, -0.2) is 63.8 Å². The summed E-state index contributed by atoms with van der Waals surface area (Å²) >= 11 is 0. The Balaban J connectivity index is 1.41. The van der Waals surface area contributed by atoms with Gasteiger partial charge in [0.05, 0.1) is 37.2 Å². The predicted octanol–water partition coefficient (Wildman–Crippen LogP) is 5.40. The van der Waals surface area contributed by atoms with Gasteiger partial charge in [-0.2, -0.15) is 36.3 Å². The first-order valence-electron chi connectivity index (χ1n) is 12.4. The minimum Gasteiger partial charge on any atom is -0.379 e. The molecule has 4 aromatic rings. The molecule has 1 aliphatic heterocycles.